The van der Waals surface area contributed by atoms with E-state index in [1.165, 1.54) is 0 Å². The van der Waals surface area contributed by atoms with Gasteiger partial charge in [-0.15, -0.1) is 16.4 Å². The molecule has 0 aliphatic heterocycles. The molecule has 3 rings (SSSR count). The lowest BCUT2D eigenvalue weighted by Crippen LogP contribution is -2.01. The minimum Gasteiger partial charge on any atom is -0.285 e. The van der Waals surface area contributed by atoms with E-state index in [0.717, 1.165) is 34.9 Å². The molecule has 0 saturated carbocycles. The van der Waals surface area contributed by atoms with Gasteiger partial charge < -0.3 is 0 Å². The normalized spacial score (nSPS) is 10.9. The van der Waals surface area contributed by atoms with Gasteiger partial charge in [0.1, 0.15) is 11.4 Å². The highest BCUT2D eigenvalue weighted by atomic mass is 32.1. The summed E-state index contributed by atoms with van der Waals surface area (Å²) < 4.78 is 1.83. The summed E-state index contributed by atoms with van der Waals surface area (Å²) in [6, 6.07) is 0. The van der Waals surface area contributed by atoms with Gasteiger partial charge in [-0.3, -0.25) is 9.78 Å². The molecule has 0 amide bonds. The Morgan fingerprint density at radius 3 is 3.06 bits per heavy atom. The molecular formula is C11H12N6S. The van der Waals surface area contributed by atoms with E-state index in [9.17, 15) is 0 Å². The predicted octanol–water partition coefficient (Wildman–Crippen LogP) is 1.68. The molecular weight excluding hydrogens is 248 g/mol. The van der Waals surface area contributed by atoms with Gasteiger partial charge in [-0.25, -0.2) is 4.98 Å². The second-order valence-corrected chi connectivity index (χ2v) is 5.04. The third-order valence-electron chi connectivity index (χ3n) is 2.60. The van der Waals surface area contributed by atoms with E-state index in [-0.39, 0.29) is 0 Å². The lowest BCUT2D eigenvalue weighted by Gasteiger charge is -1.96. The van der Waals surface area contributed by atoms with Gasteiger partial charge in [-0.2, -0.15) is 5.10 Å². The van der Waals surface area contributed by atoms with E-state index in [2.05, 4.69) is 25.5 Å². The molecule has 3 heterocycles. The summed E-state index contributed by atoms with van der Waals surface area (Å²) in [5, 5.41) is 18.0. The molecule has 0 saturated heterocycles. The fraction of sp³-hybridized carbons (Fsp3) is 0.273. The molecule has 0 atom stereocenters. The second kappa shape index (κ2) is 4.69. The van der Waals surface area contributed by atoms with Crippen molar-refractivity contribution in [2.45, 2.75) is 19.9 Å². The Morgan fingerprint density at radius 1 is 1.39 bits per heavy atom. The first-order valence-electron chi connectivity index (χ1n) is 5.61. The molecule has 18 heavy (non-hydrogen) atoms. The summed E-state index contributed by atoms with van der Waals surface area (Å²) in [7, 11) is 0. The Balaban J connectivity index is 1.70. The summed E-state index contributed by atoms with van der Waals surface area (Å²) in [6.45, 7) is 2.77. The standard InChI is InChI=1S/C11H12N6S/c1-8-14-11(7-18-8)10-6-17(16-15-10)3-2-9-4-12-13-5-9/h4-7H,2-3H2,1H3,(H,12,13). The molecule has 0 aliphatic rings. The zero-order valence-electron chi connectivity index (χ0n) is 9.87. The fourth-order valence-electron chi connectivity index (χ4n) is 1.66. The Hall–Kier alpha value is -2.02. The lowest BCUT2D eigenvalue weighted by molar-refractivity contribution is 0.589. The Bertz CT molecular complexity index is 624. The van der Waals surface area contributed by atoms with Crippen LogP contribution in [0.25, 0.3) is 11.4 Å². The number of H-pyrrole nitrogens is 1. The van der Waals surface area contributed by atoms with E-state index in [0.29, 0.717) is 0 Å². The quantitative estimate of drug-likeness (QED) is 0.774. The first-order valence-corrected chi connectivity index (χ1v) is 6.49. The van der Waals surface area contributed by atoms with Gasteiger partial charge in [0, 0.05) is 18.1 Å². The monoisotopic (exact) mass is 260 g/mol. The Morgan fingerprint density at radius 2 is 2.33 bits per heavy atom. The van der Waals surface area contributed by atoms with E-state index in [4.69, 9.17) is 0 Å². The van der Waals surface area contributed by atoms with Crippen molar-refractivity contribution in [1.29, 1.82) is 0 Å². The lowest BCUT2D eigenvalue weighted by atomic mass is 10.2. The van der Waals surface area contributed by atoms with Crippen molar-refractivity contribution in [1.82, 2.24) is 30.2 Å². The van der Waals surface area contributed by atoms with Crippen LogP contribution in [0.2, 0.25) is 0 Å². The number of nitrogens with one attached hydrogen (secondary N) is 1. The number of hydrogen-bond donors (Lipinski definition) is 1. The molecule has 0 fully saturated rings. The number of aryl methyl sites for hydroxylation is 3. The molecule has 7 heteroatoms. The fourth-order valence-corrected chi connectivity index (χ4v) is 2.27. The van der Waals surface area contributed by atoms with Gasteiger partial charge in [-0.1, -0.05) is 5.21 Å². The number of hydrogen-bond acceptors (Lipinski definition) is 5. The van der Waals surface area contributed by atoms with Crippen molar-refractivity contribution >= 4 is 11.3 Å². The van der Waals surface area contributed by atoms with Gasteiger partial charge in [0.2, 0.25) is 0 Å². The molecule has 0 bridgehead atoms. The SMILES string of the molecule is Cc1nc(-c2cn(CCc3cn[nH]c3)nn2)cs1. The molecule has 0 aliphatic carbocycles. The van der Waals surface area contributed by atoms with Crippen molar-refractivity contribution in [2.75, 3.05) is 0 Å². The van der Waals surface area contributed by atoms with Gasteiger partial charge >= 0.3 is 0 Å². The van der Waals surface area contributed by atoms with Crippen molar-refractivity contribution in [3.05, 3.63) is 34.5 Å². The molecule has 1 N–H and O–H groups in total. The second-order valence-electron chi connectivity index (χ2n) is 3.98. The highest BCUT2D eigenvalue weighted by Gasteiger charge is 2.07. The van der Waals surface area contributed by atoms with Crippen LogP contribution in [0.3, 0.4) is 0 Å². The Kier molecular flexibility index (Phi) is 2.89. The van der Waals surface area contributed by atoms with Crippen molar-refractivity contribution in [3.63, 3.8) is 0 Å². The molecule has 0 radical (unpaired) electrons. The van der Waals surface area contributed by atoms with Crippen LogP contribution in [-0.4, -0.2) is 30.2 Å². The third kappa shape index (κ3) is 2.30. The van der Waals surface area contributed by atoms with Crippen LogP contribution in [0.4, 0.5) is 0 Å². The maximum Gasteiger partial charge on any atom is 0.132 e. The number of thiazole rings is 1. The van der Waals surface area contributed by atoms with Gasteiger partial charge in [0.15, 0.2) is 0 Å². The average Bonchev–Trinajstić information content (AvgIpc) is 3.07. The first kappa shape index (κ1) is 11.1. The topological polar surface area (TPSA) is 72.3 Å². The van der Waals surface area contributed by atoms with Gasteiger partial charge in [-0.05, 0) is 18.9 Å². The maximum absolute atomic E-state index is 4.39. The van der Waals surface area contributed by atoms with E-state index in [1.54, 1.807) is 11.3 Å². The van der Waals surface area contributed by atoms with Crippen molar-refractivity contribution < 1.29 is 0 Å². The van der Waals surface area contributed by atoms with Crippen LogP contribution in [0.15, 0.2) is 24.0 Å². The predicted molar refractivity (Wildman–Crippen MR) is 68.2 cm³/mol. The molecule has 0 unspecified atom stereocenters. The summed E-state index contributed by atoms with van der Waals surface area (Å²) in [5.74, 6) is 0. The van der Waals surface area contributed by atoms with E-state index in [1.807, 2.05) is 35.6 Å². The van der Waals surface area contributed by atoms with E-state index < -0.39 is 0 Å². The van der Waals surface area contributed by atoms with Crippen molar-refractivity contribution in [3.8, 4) is 11.4 Å². The van der Waals surface area contributed by atoms with Crippen LogP contribution in [0.5, 0.6) is 0 Å². The summed E-state index contributed by atoms with van der Waals surface area (Å²) >= 11 is 1.62. The van der Waals surface area contributed by atoms with Crippen LogP contribution >= 0.6 is 11.3 Å². The average molecular weight is 260 g/mol. The van der Waals surface area contributed by atoms with E-state index >= 15 is 0 Å². The molecule has 6 nitrogen and oxygen atoms in total. The zero-order chi connectivity index (χ0) is 12.4. The number of nitrogens with zero attached hydrogens (tertiary/aromatic N) is 5. The van der Waals surface area contributed by atoms with Gasteiger partial charge in [0.05, 0.1) is 17.4 Å². The summed E-state index contributed by atoms with van der Waals surface area (Å²) in [6.07, 6.45) is 6.52. The minimum absolute atomic E-state index is 0.787. The molecule has 0 aromatic carbocycles. The summed E-state index contributed by atoms with van der Waals surface area (Å²) in [4.78, 5) is 4.39. The Labute approximate surface area is 108 Å². The largest absolute Gasteiger partial charge is 0.285 e. The smallest absolute Gasteiger partial charge is 0.132 e. The van der Waals surface area contributed by atoms with Crippen LogP contribution < -0.4 is 0 Å². The van der Waals surface area contributed by atoms with Gasteiger partial charge in [0.25, 0.3) is 0 Å². The highest BCUT2D eigenvalue weighted by Crippen LogP contribution is 2.18. The molecule has 92 valence electrons. The molecule has 0 spiro atoms. The van der Waals surface area contributed by atoms with Crippen LogP contribution in [0, 0.1) is 6.92 Å². The number of rotatable bonds is 4. The maximum atomic E-state index is 4.39. The third-order valence-corrected chi connectivity index (χ3v) is 3.38. The number of aromatic nitrogens is 6. The van der Waals surface area contributed by atoms with Crippen molar-refractivity contribution in [2.24, 2.45) is 0 Å². The summed E-state index contributed by atoms with van der Waals surface area (Å²) in [5.41, 5.74) is 2.88. The minimum atomic E-state index is 0.787. The number of aromatic amines is 1. The zero-order valence-corrected chi connectivity index (χ0v) is 10.7. The van der Waals surface area contributed by atoms with Crippen LogP contribution in [0.1, 0.15) is 10.6 Å². The molecule has 3 aromatic heterocycles. The highest BCUT2D eigenvalue weighted by molar-refractivity contribution is 7.09. The van der Waals surface area contributed by atoms with Crippen LogP contribution in [-0.2, 0) is 13.0 Å². The first-order chi connectivity index (χ1) is 8.81. The molecule has 3 aromatic rings.